The van der Waals surface area contributed by atoms with Crippen LogP contribution in [-0.4, -0.2) is 48.1 Å². The summed E-state index contributed by atoms with van der Waals surface area (Å²) in [5.41, 5.74) is 1.65. The van der Waals surface area contributed by atoms with Gasteiger partial charge in [-0.2, -0.15) is 0 Å². The number of anilines is 1. The van der Waals surface area contributed by atoms with Crippen molar-refractivity contribution >= 4 is 5.82 Å². The second-order valence-electron chi connectivity index (χ2n) is 5.39. The van der Waals surface area contributed by atoms with Crippen molar-refractivity contribution in [2.75, 3.05) is 38.1 Å². The molecule has 1 saturated heterocycles. The predicted octanol–water partition coefficient (Wildman–Crippen LogP) is 1.75. The molecule has 1 aliphatic heterocycles. The van der Waals surface area contributed by atoms with Crippen LogP contribution in [0.2, 0.25) is 0 Å². The van der Waals surface area contributed by atoms with Gasteiger partial charge in [0, 0.05) is 31.7 Å². The highest BCUT2D eigenvalue weighted by Gasteiger charge is 2.34. The van der Waals surface area contributed by atoms with Gasteiger partial charge in [0.05, 0.1) is 5.69 Å². The van der Waals surface area contributed by atoms with Crippen molar-refractivity contribution in [2.45, 2.75) is 25.4 Å². The molecule has 0 aromatic carbocycles. The van der Waals surface area contributed by atoms with Crippen LogP contribution in [0.25, 0.3) is 0 Å². The predicted molar refractivity (Wildman–Crippen MR) is 68.6 cm³/mol. The summed E-state index contributed by atoms with van der Waals surface area (Å²) in [5.74, 6) is 1.19. The first kappa shape index (κ1) is 11.8. The summed E-state index contributed by atoms with van der Waals surface area (Å²) in [6, 6.07) is 0. The molecule has 0 radical (unpaired) electrons. The second kappa shape index (κ2) is 4.46. The third-order valence-electron chi connectivity index (χ3n) is 4.05. The molecule has 1 aromatic heterocycles. The number of hydrogen-bond acceptors (Lipinski definition) is 4. The smallest absolute Gasteiger partial charge is 0.143 e. The highest BCUT2D eigenvalue weighted by molar-refractivity contribution is 5.53. The van der Waals surface area contributed by atoms with Gasteiger partial charge in [0.1, 0.15) is 18.3 Å². The van der Waals surface area contributed by atoms with Crippen LogP contribution in [0.5, 0.6) is 0 Å². The zero-order valence-corrected chi connectivity index (χ0v) is 10.9. The molecule has 2 atom stereocenters. The van der Waals surface area contributed by atoms with E-state index in [0.29, 0.717) is 12.1 Å². The van der Waals surface area contributed by atoms with E-state index >= 15 is 0 Å². The van der Waals surface area contributed by atoms with E-state index in [9.17, 15) is 4.39 Å². The van der Waals surface area contributed by atoms with Crippen LogP contribution in [0.4, 0.5) is 10.2 Å². The van der Waals surface area contributed by atoms with Crippen molar-refractivity contribution in [3.63, 3.8) is 0 Å². The lowest BCUT2D eigenvalue weighted by Gasteiger charge is -2.34. The summed E-state index contributed by atoms with van der Waals surface area (Å²) in [6.07, 6.45) is 1.15. The molecule has 1 fully saturated rings. The fourth-order valence-corrected chi connectivity index (χ4v) is 2.93. The average molecular weight is 250 g/mol. The van der Waals surface area contributed by atoms with Crippen molar-refractivity contribution < 1.29 is 4.39 Å². The van der Waals surface area contributed by atoms with Gasteiger partial charge in [0.15, 0.2) is 0 Å². The van der Waals surface area contributed by atoms with Crippen molar-refractivity contribution in [1.82, 2.24) is 14.9 Å². The van der Waals surface area contributed by atoms with E-state index in [1.807, 2.05) is 0 Å². The molecule has 1 aromatic rings. The zero-order valence-electron chi connectivity index (χ0n) is 10.9. The number of alkyl halides is 1. The van der Waals surface area contributed by atoms with Crippen molar-refractivity contribution in [3.05, 3.63) is 17.6 Å². The van der Waals surface area contributed by atoms with Crippen LogP contribution in [0, 0.1) is 0 Å². The summed E-state index contributed by atoms with van der Waals surface area (Å²) >= 11 is 0. The lowest BCUT2D eigenvalue weighted by Crippen LogP contribution is -2.45. The molecule has 98 valence electrons. The minimum Gasteiger partial charge on any atom is -0.354 e. The van der Waals surface area contributed by atoms with E-state index < -0.39 is 6.17 Å². The summed E-state index contributed by atoms with van der Waals surface area (Å²) in [5, 5.41) is 0. The van der Waals surface area contributed by atoms with Crippen molar-refractivity contribution in [1.29, 1.82) is 0 Å². The van der Waals surface area contributed by atoms with Gasteiger partial charge in [0.2, 0.25) is 0 Å². The quantitative estimate of drug-likeness (QED) is 0.760. The molecule has 1 aliphatic carbocycles. The Hall–Kier alpha value is -1.23. The topological polar surface area (TPSA) is 32.3 Å². The summed E-state index contributed by atoms with van der Waals surface area (Å²) < 4.78 is 13.9. The minimum absolute atomic E-state index is 0.228. The average Bonchev–Trinajstić information content (AvgIpc) is 2.66. The standard InChI is InChI=1S/C13H19FN4/c1-9-7-10(14)12-11(9)13(16-8-15-12)18-5-3-17(2)4-6-18/h8-10H,3-7H2,1-2H3. The Morgan fingerprint density at radius 1 is 1.22 bits per heavy atom. The van der Waals surface area contributed by atoms with E-state index in [0.717, 1.165) is 37.6 Å². The van der Waals surface area contributed by atoms with Gasteiger partial charge in [-0.3, -0.25) is 0 Å². The van der Waals surface area contributed by atoms with Crippen LogP contribution in [-0.2, 0) is 0 Å². The van der Waals surface area contributed by atoms with Gasteiger partial charge in [-0.25, -0.2) is 14.4 Å². The van der Waals surface area contributed by atoms with E-state index in [1.54, 1.807) is 0 Å². The van der Waals surface area contributed by atoms with Crippen LogP contribution < -0.4 is 4.90 Å². The molecule has 18 heavy (non-hydrogen) atoms. The highest BCUT2D eigenvalue weighted by atomic mass is 19.1. The SMILES string of the molecule is CC1CC(F)c2ncnc(N3CCN(C)CC3)c21. The number of fused-ring (bicyclic) bond motifs is 1. The maximum atomic E-state index is 13.9. The second-order valence-corrected chi connectivity index (χ2v) is 5.39. The molecule has 2 unspecified atom stereocenters. The minimum atomic E-state index is -0.913. The van der Waals surface area contributed by atoms with Crippen molar-refractivity contribution in [2.24, 2.45) is 0 Å². The Morgan fingerprint density at radius 3 is 2.67 bits per heavy atom. The van der Waals surface area contributed by atoms with E-state index in [2.05, 4.69) is 33.7 Å². The first-order chi connectivity index (χ1) is 8.66. The summed E-state index contributed by atoms with van der Waals surface area (Å²) in [7, 11) is 2.13. The first-order valence-electron chi connectivity index (χ1n) is 6.59. The third-order valence-corrected chi connectivity index (χ3v) is 4.05. The maximum absolute atomic E-state index is 13.9. The van der Waals surface area contributed by atoms with Crippen LogP contribution in [0.15, 0.2) is 6.33 Å². The lowest BCUT2D eigenvalue weighted by molar-refractivity contribution is 0.311. The largest absolute Gasteiger partial charge is 0.354 e. The lowest BCUT2D eigenvalue weighted by atomic mass is 10.1. The zero-order chi connectivity index (χ0) is 12.7. The number of piperazine rings is 1. The molecule has 3 rings (SSSR count). The molecule has 2 heterocycles. The maximum Gasteiger partial charge on any atom is 0.143 e. The number of aromatic nitrogens is 2. The van der Waals surface area contributed by atoms with Gasteiger partial charge in [-0.1, -0.05) is 6.92 Å². The number of halogens is 1. The van der Waals surface area contributed by atoms with Gasteiger partial charge in [-0.05, 0) is 19.4 Å². The van der Waals surface area contributed by atoms with E-state index in [4.69, 9.17) is 0 Å². The highest BCUT2D eigenvalue weighted by Crippen LogP contribution is 2.44. The van der Waals surface area contributed by atoms with Crippen LogP contribution >= 0.6 is 0 Å². The Bertz CT molecular complexity index is 443. The number of nitrogens with zero attached hydrogens (tertiary/aromatic N) is 4. The number of hydrogen-bond donors (Lipinski definition) is 0. The number of likely N-dealkylation sites (N-methyl/N-ethyl adjacent to an activating group) is 1. The first-order valence-corrected chi connectivity index (χ1v) is 6.59. The molecular formula is C13H19FN4. The fourth-order valence-electron chi connectivity index (χ4n) is 2.93. The van der Waals surface area contributed by atoms with Gasteiger partial charge in [-0.15, -0.1) is 0 Å². The molecule has 5 heteroatoms. The molecule has 2 aliphatic rings. The molecule has 0 bridgehead atoms. The molecular weight excluding hydrogens is 231 g/mol. The van der Waals surface area contributed by atoms with Crippen LogP contribution in [0.1, 0.15) is 36.7 Å². The van der Waals surface area contributed by atoms with E-state index in [1.165, 1.54) is 6.33 Å². The molecule has 0 saturated carbocycles. The normalized spacial score (nSPS) is 28.5. The van der Waals surface area contributed by atoms with Gasteiger partial charge < -0.3 is 9.80 Å². The Balaban J connectivity index is 1.94. The Labute approximate surface area is 107 Å². The van der Waals surface area contributed by atoms with Crippen molar-refractivity contribution in [3.8, 4) is 0 Å². The Morgan fingerprint density at radius 2 is 1.94 bits per heavy atom. The number of rotatable bonds is 1. The molecule has 0 spiro atoms. The summed E-state index contributed by atoms with van der Waals surface area (Å²) in [6.45, 7) is 6.06. The summed E-state index contributed by atoms with van der Waals surface area (Å²) in [4.78, 5) is 13.1. The molecule has 0 N–H and O–H groups in total. The molecule has 0 amide bonds. The van der Waals surface area contributed by atoms with Gasteiger partial charge in [0.25, 0.3) is 0 Å². The van der Waals surface area contributed by atoms with E-state index in [-0.39, 0.29) is 5.92 Å². The third kappa shape index (κ3) is 1.86. The van der Waals surface area contributed by atoms with Gasteiger partial charge >= 0.3 is 0 Å². The van der Waals surface area contributed by atoms with Crippen LogP contribution in [0.3, 0.4) is 0 Å². The monoisotopic (exact) mass is 250 g/mol. The molecule has 4 nitrogen and oxygen atoms in total. The fraction of sp³-hybridized carbons (Fsp3) is 0.692. The Kier molecular flexibility index (Phi) is 2.93.